The Kier molecular flexibility index (Phi) is 3.07. The van der Waals surface area contributed by atoms with E-state index in [-0.39, 0.29) is 0 Å². The molecule has 0 atom stereocenters. The number of nitrogens with zero attached hydrogens (tertiary/aromatic N) is 2. The zero-order chi connectivity index (χ0) is 12.7. The van der Waals surface area contributed by atoms with Gasteiger partial charge in [0.25, 0.3) is 0 Å². The molecule has 18 heavy (non-hydrogen) atoms. The van der Waals surface area contributed by atoms with E-state index in [0.29, 0.717) is 6.04 Å². The quantitative estimate of drug-likeness (QED) is 0.817. The van der Waals surface area contributed by atoms with Crippen LogP contribution in [0.1, 0.15) is 24.4 Å². The molecule has 1 fully saturated rings. The molecule has 0 saturated carbocycles. The summed E-state index contributed by atoms with van der Waals surface area (Å²) in [5, 5.41) is 0. The molecule has 1 aliphatic rings. The summed E-state index contributed by atoms with van der Waals surface area (Å²) in [5.74, 6) is 1.54. The minimum atomic E-state index is -0.644. The summed E-state index contributed by atoms with van der Waals surface area (Å²) in [6, 6.07) is 2.40. The van der Waals surface area contributed by atoms with Gasteiger partial charge in [-0.1, -0.05) is 0 Å². The molecule has 96 valence electrons. The highest BCUT2D eigenvalue weighted by Gasteiger charge is 2.22. The van der Waals surface area contributed by atoms with Crippen LogP contribution in [0.15, 0.2) is 12.3 Å². The lowest BCUT2D eigenvalue weighted by atomic mass is 10.1. The van der Waals surface area contributed by atoms with E-state index in [2.05, 4.69) is 20.6 Å². The van der Waals surface area contributed by atoms with Gasteiger partial charge in [-0.2, -0.15) is 0 Å². The van der Waals surface area contributed by atoms with Crippen molar-refractivity contribution in [1.82, 2.24) is 14.5 Å². The molecule has 1 N–H and O–H groups in total. The molecule has 0 radical (unpaired) electrons. The maximum atomic E-state index is 11.4. The van der Waals surface area contributed by atoms with Crippen molar-refractivity contribution in [3.8, 4) is 0 Å². The van der Waals surface area contributed by atoms with Crippen LogP contribution in [0, 0.1) is 11.7 Å². The smallest absolute Gasteiger partial charge is 0.179 e. The van der Waals surface area contributed by atoms with Gasteiger partial charge in [0.05, 0.1) is 5.52 Å². The average Bonchev–Trinajstić information content (AvgIpc) is 2.65. The van der Waals surface area contributed by atoms with Gasteiger partial charge in [0, 0.05) is 34.5 Å². The molecule has 0 aliphatic carbocycles. The fraction of sp³-hybridized carbons (Fsp3) is 0.500. The van der Waals surface area contributed by atoms with Crippen molar-refractivity contribution in [1.29, 1.82) is 0 Å². The highest BCUT2D eigenvalue weighted by molar-refractivity contribution is 7.85. The largest absolute Gasteiger partial charge is 0.329 e. The van der Waals surface area contributed by atoms with Gasteiger partial charge in [0.2, 0.25) is 0 Å². The third-order valence-corrected chi connectivity index (χ3v) is 5.10. The standard InChI is InChI=1S/C12H15N3OS2/c1-8-6-10-11(13-7-8)15(12(17)14-10)9-2-4-18(16)5-3-9/h6-7,9H,2-5H2,1H3,(H,14,17). The van der Waals surface area contributed by atoms with Crippen molar-refractivity contribution < 1.29 is 4.21 Å². The van der Waals surface area contributed by atoms with Crippen molar-refractivity contribution in [2.45, 2.75) is 25.8 Å². The van der Waals surface area contributed by atoms with Gasteiger partial charge in [0.1, 0.15) is 0 Å². The Morgan fingerprint density at radius 3 is 2.94 bits per heavy atom. The second kappa shape index (κ2) is 4.59. The molecule has 2 aromatic heterocycles. The van der Waals surface area contributed by atoms with Crippen LogP contribution in [0.4, 0.5) is 0 Å². The van der Waals surface area contributed by atoms with Gasteiger partial charge < -0.3 is 4.98 Å². The Morgan fingerprint density at radius 1 is 1.50 bits per heavy atom. The molecule has 3 rings (SSSR count). The van der Waals surface area contributed by atoms with E-state index in [0.717, 1.165) is 45.8 Å². The van der Waals surface area contributed by atoms with E-state index in [1.807, 2.05) is 13.1 Å². The fourth-order valence-electron chi connectivity index (χ4n) is 2.50. The SMILES string of the molecule is Cc1cnc2c(c1)[nH]c(=S)n2C1CCS(=O)CC1. The third kappa shape index (κ3) is 2.03. The molecule has 2 aromatic rings. The van der Waals surface area contributed by atoms with Gasteiger partial charge in [-0.25, -0.2) is 4.98 Å². The third-order valence-electron chi connectivity index (χ3n) is 3.41. The number of H-pyrrole nitrogens is 1. The Bertz CT molecular complexity index is 664. The second-order valence-electron chi connectivity index (χ2n) is 4.76. The lowest BCUT2D eigenvalue weighted by Crippen LogP contribution is -2.22. The van der Waals surface area contributed by atoms with E-state index < -0.39 is 10.8 Å². The van der Waals surface area contributed by atoms with Crippen LogP contribution in [0.2, 0.25) is 0 Å². The Morgan fingerprint density at radius 2 is 2.22 bits per heavy atom. The number of fused-ring (bicyclic) bond motifs is 1. The van der Waals surface area contributed by atoms with Crippen molar-refractivity contribution in [3.63, 3.8) is 0 Å². The predicted molar refractivity (Wildman–Crippen MR) is 75.8 cm³/mol. The molecule has 1 saturated heterocycles. The first kappa shape index (κ1) is 12.0. The molecule has 1 aliphatic heterocycles. The van der Waals surface area contributed by atoms with E-state index >= 15 is 0 Å². The number of rotatable bonds is 1. The topological polar surface area (TPSA) is 50.7 Å². The number of hydrogen-bond acceptors (Lipinski definition) is 3. The van der Waals surface area contributed by atoms with Crippen LogP contribution < -0.4 is 0 Å². The van der Waals surface area contributed by atoms with Crippen molar-refractivity contribution in [3.05, 3.63) is 22.6 Å². The van der Waals surface area contributed by atoms with Crippen molar-refractivity contribution >= 4 is 34.2 Å². The molecular weight excluding hydrogens is 266 g/mol. The number of pyridine rings is 1. The van der Waals surface area contributed by atoms with Crippen LogP contribution in [0.25, 0.3) is 11.2 Å². The number of nitrogens with one attached hydrogen (secondary N) is 1. The van der Waals surface area contributed by atoms with Crippen molar-refractivity contribution in [2.24, 2.45) is 0 Å². The highest BCUT2D eigenvalue weighted by atomic mass is 32.2. The lowest BCUT2D eigenvalue weighted by Gasteiger charge is -2.22. The van der Waals surface area contributed by atoms with Crippen LogP contribution in [0.5, 0.6) is 0 Å². The number of aryl methyl sites for hydroxylation is 1. The minimum absolute atomic E-state index is 0.333. The van der Waals surface area contributed by atoms with Crippen LogP contribution in [0.3, 0.4) is 0 Å². The lowest BCUT2D eigenvalue weighted by molar-refractivity contribution is 0.466. The summed E-state index contributed by atoms with van der Waals surface area (Å²) in [6.45, 7) is 2.02. The zero-order valence-corrected chi connectivity index (χ0v) is 11.8. The molecule has 0 bridgehead atoms. The summed E-state index contributed by atoms with van der Waals surface area (Å²) < 4.78 is 14.2. The van der Waals surface area contributed by atoms with Gasteiger partial charge >= 0.3 is 0 Å². The molecule has 3 heterocycles. The summed E-state index contributed by atoms with van der Waals surface area (Å²) in [5.41, 5.74) is 3.03. The predicted octanol–water partition coefficient (Wildman–Crippen LogP) is 2.49. The first-order valence-electron chi connectivity index (χ1n) is 6.07. The summed E-state index contributed by atoms with van der Waals surface area (Å²) in [6.07, 6.45) is 3.70. The summed E-state index contributed by atoms with van der Waals surface area (Å²) in [4.78, 5) is 7.70. The fourth-order valence-corrected chi connectivity index (χ4v) is 4.12. The van der Waals surface area contributed by atoms with E-state index in [4.69, 9.17) is 12.2 Å². The van der Waals surface area contributed by atoms with Gasteiger partial charge in [-0.05, 0) is 43.6 Å². The molecule has 0 spiro atoms. The Labute approximate surface area is 113 Å². The van der Waals surface area contributed by atoms with Crippen LogP contribution in [-0.2, 0) is 10.8 Å². The maximum absolute atomic E-state index is 11.4. The normalized spacial score (nSPS) is 24.5. The Hall–Kier alpha value is -1.01. The monoisotopic (exact) mass is 281 g/mol. The average molecular weight is 281 g/mol. The summed E-state index contributed by atoms with van der Waals surface area (Å²) in [7, 11) is -0.644. The van der Waals surface area contributed by atoms with Gasteiger partial charge in [-0.3, -0.25) is 8.78 Å². The Balaban J connectivity index is 2.08. The summed E-state index contributed by atoms with van der Waals surface area (Å²) >= 11 is 5.40. The van der Waals surface area contributed by atoms with Gasteiger partial charge in [0.15, 0.2) is 10.4 Å². The van der Waals surface area contributed by atoms with E-state index in [1.165, 1.54) is 0 Å². The zero-order valence-electron chi connectivity index (χ0n) is 10.2. The molecule has 0 unspecified atom stereocenters. The molecule has 0 amide bonds. The first-order valence-corrected chi connectivity index (χ1v) is 7.96. The minimum Gasteiger partial charge on any atom is -0.329 e. The second-order valence-corrected chi connectivity index (χ2v) is 6.85. The molecule has 0 aromatic carbocycles. The highest BCUT2D eigenvalue weighted by Crippen LogP contribution is 2.26. The number of hydrogen-bond donors (Lipinski definition) is 1. The van der Waals surface area contributed by atoms with Crippen LogP contribution in [-0.4, -0.2) is 30.2 Å². The molecular formula is C12H15N3OS2. The van der Waals surface area contributed by atoms with E-state index in [1.54, 1.807) is 0 Å². The van der Waals surface area contributed by atoms with Crippen LogP contribution >= 0.6 is 12.2 Å². The number of imidazole rings is 1. The van der Waals surface area contributed by atoms with Gasteiger partial charge in [-0.15, -0.1) is 0 Å². The number of aromatic amines is 1. The maximum Gasteiger partial charge on any atom is 0.179 e. The number of aromatic nitrogens is 3. The molecule has 4 nitrogen and oxygen atoms in total. The van der Waals surface area contributed by atoms with Crippen molar-refractivity contribution in [2.75, 3.05) is 11.5 Å². The molecule has 6 heteroatoms. The van der Waals surface area contributed by atoms with E-state index in [9.17, 15) is 4.21 Å². The first-order chi connectivity index (χ1) is 8.65.